The molecule has 0 aliphatic heterocycles. The maximum atomic E-state index is 13.9. The van der Waals surface area contributed by atoms with Gasteiger partial charge in [0.05, 0.1) is 22.6 Å². The van der Waals surface area contributed by atoms with Crippen LogP contribution in [-0.2, 0) is 22.7 Å². The van der Waals surface area contributed by atoms with Gasteiger partial charge in [-0.3, -0.25) is 9.10 Å². The molecule has 1 aromatic heterocycles. The highest BCUT2D eigenvalue weighted by atomic mass is 32.2. The number of carbonyl (C=O) groups is 1. The lowest BCUT2D eigenvalue weighted by Gasteiger charge is -2.24. The summed E-state index contributed by atoms with van der Waals surface area (Å²) in [6, 6.07) is 13.1. The number of hydrogen-bond donors (Lipinski definition) is 1. The number of fused-ring (bicyclic) bond motifs is 1. The summed E-state index contributed by atoms with van der Waals surface area (Å²) in [5, 5.41) is 0.443. The van der Waals surface area contributed by atoms with E-state index in [0.717, 1.165) is 32.8 Å². The summed E-state index contributed by atoms with van der Waals surface area (Å²) in [4.78, 5) is 12.5. The number of alkyl halides is 3. The lowest BCUT2D eigenvalue weighted by atomic mass is 10.0. The van der Waals surface area contributed by atoms with Crippen LogP contribution < -0.4 is 10.0 Å². The van der Waals surface area contributed by atoms with Gasteiger partial charge < -0.3 is 5.73 Å². The van der Waals surface area contributed by atoms with Crippen LogP contribution in [0.15, 0.2) is 65.6 Å². The Bertz CT molecular complexity index is 1580. The van der Waals surface area contributed by atoms with Crippen LogP contribution in [0, 0.1) is 19.7 Å². The fourth-order valence-electron chi connectivity index (χ4n) is 3.89. The molecule has 0 spiro atoms. The lowest BCUT2D eigenvalue weighted by Crippen LogP contribution is -2.32. The van der Waals surface area contributed by atoms with Gasteiger partial charge in [0.1, 0.15) is 10.8 Å². The van der Waals surface area contributed by atoms with Gasteiger partial charge in [0.25, 0.3) is 15.9 Å². The fourth-order valence-corrected chi connectivity index (χ4v) is 6.86. The van der Waals surface area contributed by atoms with Crippen molar-refractivity contribution in [3.05, 3.63) is 94.3 Å². The van der Waals surface area contributed by atoms with Crippen LogP contribution in [0.2, 0.25) is 0 Å². The molecule has 5 nitrogen and oxygen atoms in total. The molecule has 4 aromatic rings. The van der Waals surface area contributed by atoms with Crippen LogP contribution in [0.1, 0.15) is 32.6 Å². The Labute approximate surface area is 208 Å². The minimum Gasteiger partial charge on any atom is -0.365 e. The van der Waals surface area contributed by atoms with Gasteiger partial charge in [0.2, 0.25) is 0 Å². The number of nitrogens with two attached hydrogens (primary N) is 1. The van der Waals surface area contributed by atoms with E-state index in [4.69, 9.17) is 5.73 Å². The number of rotatable bonds is 6. The largest absolute Gasteiger partial charge is 0.419 e. The van der Waals surface area contributed by atoms with Crippen molar-refractivity contribution in [2.24, 2.45) is 5.73 Å². The third-order valence-electron chi connectivity index (χ3n) is 5.83. The normalized spacial score (nSPS) is 12.2. The molecule has 0 unspecified atom stereocenters. The monoisotopic (exact) mass is 536 g/mol. The smallest absolute Gasteiger partial charge is 0.365 e. The van der Waals surface area contributed by atoms with Crippen LogP contribution in [0.3, 0.4) is 0 Å². The van der Waals surface area contributed by atoms with Gasteiger partial charge in [0.15, 0.2) is 0 Å². The zero-order valence-electron chi connectivity index (χ0n) is 19.1. The Hall–Kier alpha value is -3.44. The molecule has 11 heteroatoms. The second kappa shape index (κ2) is 9.21. The van der Waals surface area contributed by atoms with E-state index in [9.17, 15) is 30.8 Å². The number of nitrogens with zero attached hydrogens (tertiary/aromatic N) is 1. The molecule has 188 valence electrons. The molecule has 1 heterocycles. The van der Waals surface area contributed by atoms with Crippen molar-refractivity contribution < 1.29 is 30.8 Å². The molecule has 4 rings (SSSR count). The minimum absolute atomic E-state index is 0.0343. The summed E-state index contributed by atoms with van der Waals surface area (Å²) in [5.41, 5.74) is 5.59. The molecule has 0 fully saturated rings. The highest BCUT2D eigenvalue weighted by Crippen LogP contribution is 2.43. The van der Waals surface area contributed by atoms with Gasteiger partial charge in [-0.05, 0) is 60.9 Å². The topological polar surface area (TPSA) is 80.5 Å². The fraction of sp³-hybridized carbons (Fsp3) is 0.160. The zero-order valence-corrected chi connectivity index (χ0v) is 20.7. The van der Waals surface area contributed by atoms with Crippen LogP contribution in [-0.4, -0.2) is 14.3 Å². The molecule has 0 saturated carbocycles. The quantitative estimate of drug-likeness (QED) is 0.299. The van der Waals surface area contributed by atoms with E-state index < -0.39 is 40.0 Å². The second-order valence-corrected chi connectivity index (χ2v) is 11.1. The van der Waals surface area contributed by atoms with Crippen molar-refractivity contribution in [3.63, 3.8) is 0 Å². The predicted octanol–water partition coefficient (Wildman–Crippen LogP) is 6.17. The Balaban J connectivity index is 1.99. The number of aryl methyl sites for hydroxylation is 2. The SMILES string of the molecule is Cc1ccc2sc(N(Cc3ccc(F)c(C(F)(F)F)c3)S(=O)(=O)c3ccccc3)c(C(N)=O)c2c1C. The Morgan fingerprint density at radius 1 is 1.03 bits per heavy atom. The van der Waals surface area contributed by atoms with Crippen molar-refractivity contribution in [2.75, 3.05) is 4.31 Å². The molecule has 0 atom stereocenters. The first kappa shape index (κ1) is 25.6. The van der Waals surface area contributed by atoms with Gasteiger partial charge in [-0.25, -0.2) is 12.8 Å². The second-order valence-electron chi connectivity index (χ2n) is 8.16. The molecule has 1 amide bonds. The number of halogens is 4. The molecular weight excluding hydrogens is 516 g/mol. The number of sulfonamides is 1. The standard InChI is InChI=1S/C25H20F4N2O3S2/c1-14-8-11-20-21(15(14)2)22(23(30)32)24(35-20)31(36(33,34)17-6-4-3-5-7-17)13-16-9-10-19(26)18(12-16)25(27,28)29/h3-12H,13H2,1-2H3,(H2,30,32). The van der Waals surface area contributed by atoms with E-state index >= 15 is 0 Å². The number of anilines is 1. The molecule has 3 aromatic carbocycles. The number of amides is 1. The van der Waals surface area contributed by atoms with Crippen molar-refractivity contribution in [1.82, 2.24) is 0 Å². The number of benzene rings is 3. The average molecular weight is 537 g/mol. The first-order valence-electron chi connectivity index (χ1n) is 10.6. The molecule has 0 aliphatic carbocycles. The van der Waals surface area contributed by atoms with Gasteiger partial charge in [0, 0.05) is 10.1 Å². The first-order chi connectivity index (χ1) is 16.8. The lowest BCUT2D eigenvalue weighted by molar-refractivity contribution is -0.140. The molecule has 36 heavy (non-hydrogen) atoms. The highest BCUT2D eigenvalue weighted by molar-refractivity contribution is 7.93. The van der Waals surface area contributed by atoms with Gasteiger partial charge in [-0.2, -0.15) is 13.2 Å². The molecule has 0 bridgehead atoms. The van der Waals surface area contributed by atoms with E-state index in [1.807, 2.05) is 13.0 Å². The maximum absolute atomic E-state index is 13.9. The third kappa shape index (κ3) is 4.56. The summed E-state index contributed by atoms with van der Waals surface area (Å²) in [5.74, 6) is -2.36. The van der Waals surface area contributed by atoms with Crippen molar-refractivity contribution in [2.45, 2.75) is 31.5 Å². The van der Waals surface area contributed by atoms with Crippen LogP contribution in [0.4, 0.5) is 22.6 Å². The minimum atomic E-state index is -4.98. The zero-order chi connectivity index (χ0) is 26.4. The Kier molecular flexibility index (Phi) is 6.56. The van der Waals surface area contributed by atoms with Gasteiger partial charge in [-0.1, -0.05) is 30.3 Å². The van der Waals surface area contributed by atoms with Gasteiger partial charge in [-0.15, -0.1) is 11.3 Å². The number of primary amides is 1. The molecular formula is C25H20F4N2O3S2. The molecule has 0 saturated heterocycles. The van der Waals surface area contributed by atoms with E-state index in [-0.39, 0.29) is 21.0 Å². The van der Waals surface area contributed by atoms with E-state index in [0.29, 0.717) is 22.2 Å². The van der Waals surface area contributed by atoms with E-state index in [2.05, 4.69) is 0 Å². The molecule has 0 radical (unpaired) electrons. The summed E-state index contributed by atoms with van der Waals surface area (Å²) >= 11 is 0.987. The van der Waals surface area contributed by atoms with E-state index in [1.54, 1.807) is 19.1 Å². The molecule has 2 N–H and O–H groups in total. The molecule has 0 aliphatic rings. The van der Waals surface area contributed by atoms with Gasteiger partial charge >= 0.3 is 6.18 Å². The van der Waals surface area contributed by atoms with Crippen LogP contribution in [0.25, 0.3) is 10.1 Å². The number of hydrogen-bond acceptors (Lipinski definition) is 4. The average Bonchev–Trinajstić information content (AvgIpc) is 3.20. The summed E-state index contributed by atoms with van der Waals surface area (Å²) in [6.45, 7) is 3.00. The van der Waals surface area contributed by atoms with Crippen molar-refractivity contribution >= 4 is 42.4 Å². The van der Waals surface area contributed by atoms with Crippen molar-refractivity contribution in [3.8, 4) is 0 Å². The number of carbonyl (C=O) groups excluding carboxylic acids is 1. The number of thiophene rings is 1. The first-order valence-corrected chi connectivity index (χ1v) is 12.8. The van der Waals surface area contributed by atoms with Crippen LogP contribution in [0.5, 0.6) is 0 Å². The van der Waals surface area contributed by atoms with Crippen LogP contribution >= 0.6 is 11.3 Å². The summed E-state index contributed by atoms with van der Waals surface area (Å²) in [7, 11) is -4.38. The highest BCUT2D eigenvalue weighted by Gasteiger charge is 2.36. The summed E-state index contributed by atoms with van der Waals surface area (Å²) in [6.07, 6.45) is -4.98. The van der Waals surface area contributed by atoms with Crippen molar-refractivity contribution in [1.29, 1.82) is 0 Å². The third-order valence-corrected chi connectivity index (χ3v) is 8.89. The summed E-state index contributed by atoms with van der Waals surface area (Å²) < 4.78 is 82.9. The maximum Gasteiger partial charge on any atom is 0.419 e. The Morgan fingerprint density at radius 3 is 2.31 bits per heavy atom. The Morgan fingerprint density at radius 2 is 1.69 bits per heavy atom. The predicted molar refractivity (Wildman–Crippen MR) is 131 cm³/mol. The van der Waals surface area contributed by atoms with E-state index in [1.165, 1.54) is 24.3 Å².